The summed E-state index contributed by atoms with van der Waals surface area (Å²) in [6.45, 7) is 16.9. The number of rotatable bonds is 23. The van der Waals surface area contributed by atoms with Crippen LogP contribution in [0.15, 0.2) is 11.6 Å². The highest BCUT2D eigenvalue weighted by molar-refractivity contribution is 7.99. The first-order valence-corrected chi connectivity index (χ1v) is 16.2. The number of carboxylic acid groups (broad SMARTS) is 1. The topological polar surface area (TPSA) is 83.5 Å². The molecule has 38 heavy (non-hydrogen) atoms. The molecule has 0 heterocycles. The van der Waals surface area contributed by atoms with Gasteiger partial charge in [-0.05, 0) is 49.9 Å². The third-order valence-corrected chi connectivity index (χ3v) is 8.32. The number of carbonyl (C=O) groups is 3. The first-order chi connectivity index (χ1) is 17.8. The predicted octanol–water partition coefficient (Wildman–Crippen LogP) is 8.32. The summed E-state index contributed by atoms with van der Waals surface area (Å²) in [4.78, 5) is 35.9. The van der Waals surface area contributed by atoms with Crippen molar-refractivity contribution in [2.45, 2.75) is 132 Å². The normalized spacial score (nSPS) is 15.4. The molecule has 0 aliphatic heterocycles. The van der Waals surface area contributed by atoms with Gasteiger partial charge in [0.25, 0.3) is 0 Å². The number of Topliss-reactive ketones (excluding diaryl/α,β-unsaturated/α-hetero) is 1. The number of amides is 1. The third kappa shape index (κ3) is 20.6. The minimum Gasteiger partial charge on any atom is -0.481 e. The summed E-state index contributed by atoms with van der Waals surface area (Å²) in [6, 6.07) is -0.609. The zero-order chi connectivity index (χ0) is 29.1. The molecule has 0 saturated heterocycles. The van der Waals surface area contributed by atoms with Gasteiger partial charge in [-0.25, -0.2) is 0 Å². The van der Waals surface area contributed by atoms with Gasteiger partial charge in [0, 0.05) is 24.9 Å². The van der Waals surface area contributed by atoms with Crippen LogP contribution in [-0.4, -0.2) is 40.3 Å². The lowest BCUT2D eigenvalue weighted by Crippen LogP contribution is -2.42. The van der Waals surface area contributed by atoms with Crippen LogP contribution in [0.4, 0.5) is 0 Å². The fourth-order valence-corrected chi connectivity index (χ4v) is 5.89. The molecule has 0 aromatic heterocycles. The quantitative estimate of drug-likeness (QED) is 0.0982. The molecule has 0 saturated carbocycles. The van der Waals surface area contributed by atoms with Crippen molar-refractivity contribution < 1.29 is 19.5 Å². The maximum atomic E-state index is 12.7. The molecule has 0 aliphatic rings. The van der Waals surface area contributed by atoms with Gasteiger partial charge in [0.05, 0.1) is 12.0 Å². The molecule has 4 unspecified atom stereocenters. The van der Waals surface area contributed by atoms with E-state index in [0.29, 0.717) is 12.2 Å². The van der Waals surface area contributed by atoms with Crippen LogP contribution in [0.25, 0.3) is 0 Å². The molecule has 222 valence electrons. The van der Waals surface area contributed by atoms with Crippen LogP contribution in [0, 0.1) is 29.6 Å². The van der Waals surface area contributed by atoms with Gasteiger partial charge in [-0.1, -0.05) is 98.1 Å². The molecule has 5 nitrogen and oxygen atoms in total. The molecule has 4 atom stereocenters. The first kappa shape index (κ1) is 36.7. The van der Waals surface area contributed by atoms with Crippen molar-refractivity contribution in [3.63, 3.8) is 0 Å². The summed E-state index contributed by atoms with van der Waals surface area (Å²) < 4.78 is 0. The Morgan fingerprint density at radius 1 is 0.816 bits per heavy atom. The zero-order valence-electron chi connectivity index (χ0n) is 25.8. The Hall–Kier alpha value is -1.30. The number of thioether (sulfide) groups is 1. The van der Waals surface area contributed by atoms with Crippen molar-refractivity contribution in [2.24, 2.45) is 29.6 Å². The van der Waals surface area contributed by atoms with Gasteiger partial charge in [0.1, 0.15) is 0 Å². The van der Waals surface area contributed by atoms with E-state index >= 15 is 0 Å². The Kier molecular flexibility index (Phi) is 20.8. The molecule has 0 spiro atoms. The maximum absolute atomic E-state index is 12.7. The summed E-state index contributed by atoms with van der Waals surface area (Å²) in [5, 5.41) is 12.3. The summed E-state index contributed by atoms with van der Waals surface area (Å²) in [5.74, 6) is 1.69. The number of allylic oxidation sites excluding steroid dienone is 1. The summed E-state index contributed by atoms with van der Waals surface area (Å²) in [5.41, 5.74) is 1.36. The highest BCUT2D eigenvalue weighted by atomic mass is 32.2. The maximum Gasteiger partial charge on any atom is 0.307 e. The molecule has 0 fully saturated rings. The molecule has 0 aromatic rings. The third-order valence-electron chi connectivity index (χ3n) is 7.28. The monoisotopic (exact) mass is 553 g/mol. The predicted molar refractivity (Wildman–Crippen MR) is 164 cm³/mol. The van der Waals surface area contributed by atoms with Gasteiger partial charge in [-0.3, -0.25) is 14.4 Å². The van der Waals surface area contributed by atoms with Gasteiger partial charge in [0.2, 0.25) is 5.91 Å². The zero-order valence-corrected chi connectivity index (χ0v) is 26.6. The standard InChI is InChI=1S/C32H59NO4S/c1-23(2)12-9-13-25(5)14-10-15-26(6)16-11-17-27(7)18-19-38-22-29(32(36)37)21-31(35)30(20-24(3)4)33-28(8)34/h18,23-26,29-30H,9-17,19-22H2,1-8H3,(H,33,34)(H,36,37)/b27-18+. The first-order valence-electron chi connectivity index (χ1n) is 15.1. The van der Waals surface area contributed by atoms with Crippen LogP contribution in [0.1, 0.15) is 126 Å². The Labute approximate surface area is 238 Å². The number of ketones is 1. The van der Waals surface area contributed by atoms with E-state index in [1.54, 1.807) is 11.8 Å². The number of hydrogen-bond acceptors (Lipinski definition) is 4. The van der Waals surface area contributed by atoms with E-state index < -0.39 is 17.9 Å². The van der Waals surface area contributed by atoms with E-state index in [1.807, 2.05) is 13.8 Å². The summed E-state index contributed by atoms with van der Waals surface area (Å²) in [7, 11) is 0. The van der Waals surface area contributed by atoms with Gasteiger partial charge in [-0.15, -0.1) is 0 Å². The van der Waals surface area contributed by atoms with E-state index in [1.165, 1.54) is 63.9 Å². The number of aliphatic carboxylic acids is 1. The molecular weight excluding hydrogens is 494 g/mol. The highest BCUT2D eigenvalue weighted by Gasteiger charge is 2.27. The molecule has 0 bridgehead atoms. The molecule has 0 radical (unpaired) electrons. The number of carboxylic acids is 1. The molecular formula is C32H59NO4S. The Morgan fingerprint density at radius 2 is 1.37 bits per heavy atom. The van der Waals surface area contributed by atoms with E-state index in [-0.39, 0.29) is 24.0 Å². The SMILES string of the molecule is CC(=O)NC(CC(C)C)C(=O)CC(CSC/C=C(\C)CCCC(C)CCCC(C)CCCC(C)C)C(=O)O. The second kappa shape index (κ2) is 21.5. The average Bonchev–Trinajstić information content (AvgIpc) is 2.79. The lowest BCUT2D eigenvalue weighted by molar-refractivity contribution is -0.143. The molecule has 0 aliphatic carbocycles. The van der Waals surface area contributed by atoms with Crippen LogP contribution in [-0.2, 0) is 14.4 Å². The van der Waals surface area contributed by atoms with Crippen LogP contribution >= 0.6 is 11.8 Å². The van der Waals surface area contributed by atoms with E-state index in [2.05, 4.69) is 46.0 Å². The second-order valence-corrected chi connectivity index (χ2v) is 13.6. The van der Waals surface area contributed by atoms with Crippen molar-refractivity contribution >= 4 is 29.4 Å². The minimum atomic E-state index is -0.948. The minimum absolute atomic E-state index is 0.0443. The van der Waals surface area contributed by atoms with E-state index in [9.17, 15) is 19.5 Å². The number of nitrogens with one attached hydrogen (secondary N) is 1. The lowest BCUT2D eigenvalue weighted by atomic mass is 9.91. The lowest BCUT2D eigenvalue weighted by Gasteiger charge is -2.20. The molecule has 2 N–H and O–H groups in total. The van der Waals surface area contributed by atoms with Crippen LogP contribution in [0.5, 0.6) is 0 Å². The smallest absolute Gasteiger partial charge is 0.307 e. The Morgan fingerprint density at radius 3 is 1.87 bits per heavy atom. The van der Waals surface area contributed by atoms with Crippen molar-refractivity contribution in [1.82, 2.24) is 5.32 Å². The molecule has 1 amide bonds. The largest absolute Gasteiger partial charge is 0.481 e. The van der Waals surface area contributed by atoms with Crippen LogP contribution in [0.2, 0.25) is 0 Å². The summed E-state index contributed by atoms with van der Waals surface area (Å²) in [6.07, 6.45) is 14.3. The molecule has 0 aromatic carbocycles. The van der Waals surface area contributed by atoms with Gasteiger partial charge < -0.3 is 10.4 Å². The fraction of sp³-hybridized carbons (Fsp3) is 0.844. The van der Waals surface area contributed by atoms with E-state index in [0.717, 1.165) is 29.9 Å². The van der Waals surface area contributed by atoms with Gasteiger partial charge in [-0.2, -0.15) is 11.8 Å². The second-order valence-electron chi connectivity index (χ2n) is 12.5. The molecule has 6 heteroatoms. The summed E-state index contributed by atoms with van der Waals surface area (Å²) >= 11 is 1.56. The van der Waals surface area contributed by atoms with Crippen molar-refractivity contribution in [2.75, 3.05) is 11.5 Å². The van der Waals surface area contributed by atoms with Gasteiger partial charge in [0.15, 0.2) is 5.78 Å². The molecule has 0 rings (SSSR count). The van der Waals surface area contributed by atoms with Crippen molar-refractivity contribution in [3.8, 4) is 0 Å². The average molecular weight is 554 g/mol. The highest BCUT2D eigenvalue weighted by Crippen LogP contribution is 2.23. The van der Waals surface area contributed by atoms with Gasteiger partial charge >= 0.3 is 5.97 Å². The number of hydrogen-bond donors (Lipinski definition) is 2. The van der Waals surface area contributed by atoms with Crippen molar-refractivity contribution in [3.05, 3.63) is 11.6 Å². The fourth-order valence-electron chi connectivity index (χ4n) is 4.81. The van der Waals surface area contributed by atoms with Crippen molar-refractivity contribution in [1.29, 1.82) is 0 Å². The van der Waals surface area contributed by atoms with E-state index in [4.69, 9.17) is 0 Å². The van der Waals surface area contributed by atoms with Crippen LogP contribution in [0.3, 0.4) is 0 Å². The number of carbonyl (C=O) groups excluding carboxylic acids is 2. The Balaban J connectivity index is 4.28. The van der Waals surface area contributed by atoms with Crippen LogP contribution < -0.4 is 5.32 Å². The Bertz CT molecular complexity index is 704.